The molecule has 21 aromatic carbocycles. The van der Waals surface area contributed by atoms with Crippen LogP contribution in [0.2, 0.25) is 0 Å². The van der Waals surface area contributed by atoms with Crippen LogP contribution >= 0.6 is 0 Å². The molecule has 30 aromatic rings. The van der Waals surface area contributed by atoms with Gasteiger partial charge in [-0.3, -0.25) is 0 Å². The first-order valence-electron chi connectivity index (χ1n) is 50.7. The van der Waals surface area contributed by atoms with E-state index in [0.717, 1.165) is 112 Å². The molecular weight excluding hydrogens is 1830 g/mol. The lowest BCUT2D eigenvalue weighted by Crippen LogP contribution is -2.00. The minimum absolute atomic E-state index is 0.639. The summed E-state index contributed by atoms with van der Waals surface area (Å²) in [5.41, 5.74) is 33.6. The van der Waals surface area contributed by atoms with E-state index in [0.29, 0.717) is 29.1 Å². The molecule has 0 aliphatic carbocycles. The number of aromatic nitrogens is 13. The van der Waals surface area contributed by atoms with Gasteiger partial charge in [-0.2, -0.15) is 0 Å². The average Bonchev–Trinajstić information content (AvgIpc) is 1.55. The predicted octanol–water partition coefficient (Wildman–Crippen LogP) is 34.4. The van der Waals surface area contributed by atoms with Gasteiger partial charge in [0.15, 0.2) is 29.1 Å². The fourth-order valence-corrected chi connectivity index (χ4v) is 22.3. The third kappa shape index (κ3) is 15.2. The molecule has 0 saturated heterocycles. The first kappa shape index (κ1) is 87.4. The minimum Gasteiger partial charge on any atom is -0.309 e. The fraction of sp³-hybridized carbons (Fsp3) is 0. The Morgan fingerprint density at radius 3 is 0.547 bits per heavy atom. The van der Waals surface area contributed by atoms with Crippen molar-refractivity contribution in [2.45, 2.75) is 0 Å². The fourth-order valence-electron chi connectivity index (χ4n) is 22.3. The number of hydrogen-bond donors (Lipinski definition) is 0. The van der Waals surface area contributed by atoms with Crippen LogP contribution in [0.15, 0.2) is 540 Å². The van der Waals surface area contributed by atoms with Crippen molar-refractivity contribution in [1.29, 1.82) is 0 Å². The maximum absolute atomic E-state index is 5.08. The molecule has 150 heavy (non-hydrogen) atoms. The Bertz CT molecular complexity index is 9270. The van der Waals surface area contributed by atoms with E-state index in [1.54, 1.807) is 0 Å². The number of para-hydroxylation sites is 9. The van der Waals surface area contributed by atoms with E-state index in [4.69, 9.17) is 34.9 Å². The quantitative estimate of drug-likeness (QED) is 0.100. The molecule has 0 unspecified atom stereocenters. The Morgan fingerprint density at radius 2 is 0.293 bits per heavy atom. The maximum atomic E-state index is 5.08. The van der Waals surface area contributed by atoms with Gasteiger partial charge in [-0.05, 0) is 164 Å². The van der Waals surface area contributed by atoms with Gasteiger partial charge in [0.05, 0.1) is 89.0 Å². The summed E-state index contributed by atoms with van der Waals surface area (Å²) < 4.78 is 14.4. The van der Waals surface area contributed by atoms with E-state index in [1.165, 1.54) is 125 Å². The molecule has 0 fully saturated rings. The first-order valence-corrected chi connectivity index (χ1v) is 50.7. The zero-order valence-electron chi connectivity index (χ0n) is 81.2. The lowest BCUT2D eigenvalue weighted by atomic mass is 10.1. The molecule has 0 saturated carbocycles. The van der Waals surface area contributed by atoms with Gasteiger partial charge < -0.3 is 27.4 Å². The highest BCUT2D eigenvalue weighted by molar-refractivity contribution is 6.29. The van der Waals surface area contributed by atoms with Gasteiger partial charge in [0.25, 0.3) is 0 Å². The van der Waals surface area contributed by atoms with Gasteiger partial charge in [-0.25, -0.2) is 34.9 Å². The third-order valence-electron chi connectivity index (χ3n) is 29.0. The molecule has 0 aliphatic rings. The Kier molecular flexibility index (Phi) is 21.6. The van der Waals surface area contributed by atoms with Crippen LogP contribution in [-0.4, -0.2) is 62.3 Å². The van der Waals surface area contributed by atoms with Crippen LogP contribution in [-0.2, 0) is 0 Å². The lowest BCUT2D eigenvalue weighted by molar-refractivity contribution is 1.07. The van der Waals surface area contributed by atoms with Crippen molar-refractivity contribution in [1.82, 2.24) is 62.3 Å². The van der Waals surface area contributed by atoms with Crippen molar-refractivity contribution < 1.29 is 0 Å². The molecule has 13 heteroatoms. The van der Waals surface area contributed by atoms with E-state index in [9.17, 15) is 0 Å². The van der Waals surface area contributed by atoms with Gasteiger partial charge in [-0.15, -0.1) is 0 Å². The van der Waals surface area contributed by atoms with Crippen LogP contribution < -0.4 is 0 Å². The Hall–Kier alpha value is -20.4. The summed E-state index contributed by atoms with van der Waals surface area (Å²) in [4.78, 5) is 35.0. The number of benzene rings is 21. The highest BCUT2D eigenvalue weighted by Crippen LogP contribution is 2.48. The van der Waals surface area contributed by atoms with Gasteiger partial charge >= 0.3 is 0 Å². The summed E-state index contributed by atoms with van der Waals surface area (Å²) in [7, 11) is 0. The van der Waals surface area contributed by atoms with E-state index < -0.39 is 0 Å². The predicted molar refractivity (Wildman–Crippen MR) is 619 cm³/mol. The highest BCUT2D eigenvalue weighted by atomic mass is 15.1. The van der Waals surface area contributed by atoms with Crippen molar-refractivity contribution in [3.8, 4) is 136 Å². The zero-order chi connectivity index (χ0) is 99.1. The average molecular weight is 1920 g/mol. The van der Waals surface area contributed by atoms with E-state index in [1.807, 2.05) is 133 Å². The summed E-state index contributed by atoms with van der Waals surface area (Å²) in [6.07, 6.45) is 0. The second-order valence-electron chi connectivity index (χ2n) is 37.8. The van der Waals surface area contributed by atoms with Crippen molar-refractivity contribution in [3.63, 3.8) is 0 Å². The molecule has 30 rings (SSSR count). The smallest absolute Gasteiger partial charge is 0.164 e. The highest BCUT2D eigenvalue weighted by Gasteiger charge is 2.28. The van der Waals surface area contributed by atoms with Crippen molar-refractivity contribution >= 4 is 131 Å². The van der Waals surface area contributed by atoms with Crippen LogP contribution in [0, 0.1) is 0 Å². The second kappa shape index (κ2) is 37.1. The normalized spacial score (nSPS) is 11.6. The van der Waals surface area contributed by atoms with Gasteiger partial charge in [0, 0.05) is 149 Å². The summed E-state index contributed by atoms with van der Waals surface area (Å²) in [6, 6.07) is 190. The molecule has 702 valence electrons. The number of hydrogen-bond acceptors (Lipinski definition) is 7. The second-order valence-corrected chi connectivity index (χ2v) is 37.8. The molecule has 9 heterocycles. The van der Waals surface area contributed by atoms with Crippen LogP contribution in [0.3, 0.4) is 0 Å². The minimum atomic E-state index is 0.639. The Labute approximate surface area is 863 Å². The third-order valence-corrected chi connectivity index (χ3v) is 29.0. The largest absolute Gasteiger partial charge is 0.309 e. The number of fused-ring (bicyclic) bond motifs is 21. The Balaban J connectivity index is 0.000000108. The zero-order valence-corrected chi connectivity index (χ0v) is 81.2. The van der Waals surface area contributed by atoms with Crippen molar-refractivity contribution in [2.75, 3.05) is 0 Å². The standard InChI is InChI=1S/2C46H30N4.C45H29N5/c1-4-14-31(15-5-1)39-30-40(48-46(47-39)33-16-6-2-7-17-33)32-24-26-35(27-25-32)50-41-22-12-10-20-36(41)37-28-29-43-44(45(37)50)38-21-11-13-23-42(38)49(43)34-18-8-3-9-19-34;1-4-14-31(15-5-1)39-30-40(32-16-6-2-7-17-32)48-46(47-39)33-24-26-35(27-25-33)50-41-22-12-10-20-36(41)37-28-29-43-44(45(37)50)38-21-11-13-23-42(38)49(43)34-18-8-3-9-19-34;1-4-14-30(15-5-1)43-46-44(31-16-6-2-7-17-31)48-45(47-43)32-24-26-34(27-25-32)50-38-22-12-10-20-35(38)36-28-29-40-41(42(36)50)37-21-11-13-23-39(37)49(40)33-18-8-3-9-19-33/h2*1-30H;1-29H. The molecule has 9 aromatic heterocycles. The van der Waals surface area contributed by atoms with Crippen LogP contribution in [0.1, 0.15) is 0 Å². The summed E-state index contributed by atoms with van der Waals surface area (Å²) >= 11 is 0. The van der Waals surface area contributed by atoms with Crippen LogP contribution in [0.25, 0.3) is 267 Å². The van der Waals surface area contributed by atoms with E-state index in [-0.39, 0.29) is 0 Å². The molecule has 0 N–H and O–H groups in total. The Morgan fingerprint density at radius 1 is 0.113 bits per heavy atom. The SMILES string of the molecule is c1ccc(-c2cc(-c3ccc(-n4c5ccccc5c5ccc6c(c7ccccc7n6-c6ccccc6)c54)cc3)nc(-c3ccccc3)n2)cc1.c1ccc(-c2cc(-c3ccccc3)nc(-c3ccc(-n4c5ccccc5c5ccc6c(c7ccccc7n6-c6ccccc6)c54)cc3)n2)cc1.c1ccc(-c2nc(-c3ccccc3)nc(-c3ccc(-n4c5ccccc5c5ccc6c(c7ccccc7n6-c6ccccc6)c54)cc3)n2)cc1. The molecular formula is C137H89N13. The molecule has 0 spiro atoms. The molecule has 0 amide bonds. The first-order chi connectivity index (χ1) is 74.4. The van der Waals surface area contributed by atoms with Gasteiger partial charge in [0.2, 0.25) is 0 Å². The van der Waals surface area contributed by atoms with Crippen molar-refractivity contribution in [2.24, 2.45) is 0 Å². The lowest BCUT2D eigenvalue weighted by Gasteiger charge is -2.12. The van der Waals surface area contributed by atoms with Gasteiger partial charge in [-0.1, -0.05) is 376 Å². The van der Waals surface area contributed by atoms with Crippen molar-refractivity contribution in [3.05, 3.63) is 540 Å². The van der Waals surface area contributed by atoms with Crippen LogP contribution in [0.5, 0.6) is 0 Å². The summed E-state index contributed by atoms with van der Waals surface area (Å²) in [5, 5.41) is 14.8. The summed E-state index contributed by atoms with van der Waals surface area (Å²) in [5.74, 6) is 3.36. The molecule has 0 aliphatic heterocycles. The molecule has 0 bridgehead atoms. The molecule has 13 nitrogen and oxygen atoms in total. The topological polar surface area (TPSA) is 120 Å². The molecule has 0 atom stereocenters. The van der Waals surface area contributed by atoms with Gasteiger partial charge in [0.1, 0.15) is 0 Å². The van der Waals surface area contributed by atoms with E-state index >= 15 is 0 Å². The molecule has 0 radical (unpaired) electrons. The summed E-state index contributed by atoms with van der Waals surface area (Å²) in [6.45, 7) is 0. The maximum Gasteiger partial charge on any atom is 0.164 e. The number of rotatable bonds is 15. The number of nitrogens with zero attached hydrogens (tertiary/aromatic N) is 13. The monoisotopic (exact) mass is 1920 g/mol. The van der Waals surface area contributed by atoms with Crippen LogP contribution in [0.4, 0.5) is 0 Å². The van der Waals surface area contributed by atoms with E-state index in [2.05, 4.69) is 434 Å².